The lowest BCUT2D eigenvalue weighted by molar-refractivity contribution is -0.117. The van der Waals surface area contributed by atoms with Crippen LogP contribution in [0.3, 0.4) is 0 Å². The van der Waals surface area contributed by atoms with Crippen molar-refractivity contribution in [3.63, 3.8) is 0 Å². The van der Waals surface area contributed by atoms with Crippen molar-refractivity contribution in [2.75, 3.05) is 12.4 Å². The Labute approximate surface area is 108 Å². The molecule has 1 N–H and O–H groups in total. The van der Waals surface area contributed by atoms with E-state index >= 15 is 0 Å². The monoisotopic (exact) mass is 305 g/mol. The molecule has 0 heterocycles. The maximum atomic E-state index is 11.7. The van der Waals surface area contributed by atoms with Crippen LogP contribution in [0.1, 0.15) is 13.8 Å². The molecule has 1 rings (SSSR count). The van der Waals surface area contributed by atoms with Gasteiger partial charge in [0.15, 0.2) is 0 Å². The molecule has 0 fully saturated rings. The standard InChI is InChI=1S/C11H13BrClNO2/c1-11(2,12)10(15)14-7-4-5-9(16-3)8(13)6-7/h4-6H,1-3H3,(H,14,15). The molecule has 88 valence electrons. The second-order valence-electron chi connectivity index (χ2n) is 3.78. The lowest BCUT2D eigenvalue weighted by atomic mass is 10.2. The van der Waals surface area contributed by atoms with Gasteiger partial charge in [-0.1, -0.05) is 27.5 Å². The number of anilines is 1. The van der Waals surface area contributed by atoms with E-state index in [4.69, 9.17) is 16.3 Å². The summed E-state index contributed by atoms with van der Waals surface area (Å²) in [6.07, 6.45) is 0. The smallest absolute Gasteiger partial charge is 0.240 e. The Morgan fingerprint density at radius 2 is 2.12 bits per heavy atom. The topological polar surface area (TPSA) is 38.3 Å². The minimum Gasteiger partial charge on any atom is -0.495 e. The van der Waals surface area contributed by atoms with Crippen LogP contribution in [0.4, 0.5) is 5.69 Å². The molecular weight excluding hydrogens is 293 g/mol. The van der Waals surface area contributed by atoms with Gasteiger partial charge in [0.2, 0.25) is 5.91 Å². The number of halogens is 2. The van der Waals surface area contributed by atoms with Gasteiger partial charge in [0.25, 0.3) is 0 Å². The summed E-state index contributed by atoms with van der Waals surface area (Å²) in [5.74, 6) is 0.450. The van der Waals surface area contributed by atoms with Crippen LogP contribution < -0.4 is 10.1 Å². The molecule has 0 unspecified atom stereocenters. The first kappa shape index (κ1) is 13.3. The van der Waals surface area contributed by atoms with Gasteiger partial charge in [-0.2, -0.15) is 0 Å². The van der Waals surface area contributed by atoms with E-state index in [1.807, 2.05) is 0 Å². The van der Waals surface area contributed by atoms with E-state index in [1.54, 1.807) is 39.2 Å². The molecule has 16 heavy (non-hydrogen) atoms. The number of amides is 1. The van der Waals surface area contributed by atoms with Crippen molar-refractivity contribution >= 4 is 39.1 Å². The predicted octanol–water partition coefficient (Wildman–Crippen LogP) is 3.46. The van der Waals surface area contributed by atoms with Gasteiger partial charge in [-0.15, -0.1) is 0 Å². The van der Waals surface area contributed by atoms with Gasteiger partial charge in [-0.05, 0) is 32.0 Å². The van der Waals surface area contributed by atoms with E-state index in [0.717, 1.165) is 0 Å². The quantitative estimate of drug-likeness (QED) is 0.869. The van der Waals surface area contributed by atoms with Gasteiger partial charge >= 0.3 is 0 Å². The summed E-state index contributed by atoms with van der Waals surface area (Å²) in [4.78, 5) is 11.7. The molecule has 0 aliphatic rings. The van der Waals surface area contributed by atoms with E-state index in [-0.39, 0.29) is 5.91 Å². The first-order valence-electron chi connectivity index (χ1n) is 4.68. The zero-order valence-corrected chi connectivity index (χ0v) is 11.6. The molecule has 0 spiro atoms. The fraction of sp³-hybridized carbons (Fsp3) is 0.364. The summed E-state index contributed by atoms with van der Waals surface area (Å²) in [5, 5.41) is 3.21. The molecule has 1 amide bonds. The van der Waals surface area contributed by atoms with Gasteiger partial charge in [0.1, 0.15) is 5.75 Å². The summed E-state index contributed by atoms with van der Waals surface area (Å²) in [7, 11) is 1.54. The third-order valence-electron chi connectivity index (χ3n) is 1.95. The minimum absolute atomic E-state index is 0.131. The highest BCUT2D eigenvalue weighted by atomic mass is 79.9. The number of rotatable bonds is 3. The van der Waals surface area contributed by atoms with Crippen LogP contribution in [0.2, 0.25) is 5.02 Å². The van der Waals surface area contributed by atoms with E-state index in [1.165, 1.54) is 0 Å². The van der Waals surface area contributed by atoms with Crippen LogP contribution in [0.5, 0.6) is 5.75 Å². The van der Waals surface area contributed by atoms with E-state index in [2.05, 4.69) is 21.2 Å². The molecule has 0 aromatic heterocycles. The van der Waals surface area contributed by atoms with Gasteiger partial charge in [-0.25, -0.2) is 0 Å². The number of alkyl halides is 1. The summed E-state index contributed by atoms with van der Waals surface area (Å²) in [5.41, 5.74) is 0.642. The number of carbonyl (C=O) groups excluding carboxylic acids is 1. The Balaban J connectivity index is 2.84. The first-order chi connectivity index (χ1) is 7.34. The van der Waals surface area contributed by atoms with Crippen LogP contribution >= 0.6 is 27.5 Å². The molecule has 3 nitrogen and oxygen atoms in total. The molecule has 0 radical (unpaired) electrons. The largest absolute Gasteiger partial charge is 0.495 e. The normalized spacial score (nSPS) is 11.1. The number of ether oxygens (including phenoxy) is 1. The minimum atomic E-state index is -0.612. The summed E-state index contributed by atoms with van der Waals surface area (Å²) in [6, 6.07) is 5.09. The van der Waals surface area contributed by atoms with Crippen LogP contribution in [0.25, 0.3) is 0 Å². The summed E-state index contributed by atoms with van der Waals surface area (Å²) in [6.45, 7) is 3.54. The Hall–Kier alpha value is -0.740. The Morgan fingerprint density at radius 3 is 2.56 bits per heavy atom. The number of carbonyl (C=O) groups is 1. The number of methoxy groups -OCH3 is 1. The molecular formula is C11H13BrClNO2. The van der Waals surface area contributed by atoms with Crippen molar-refractivity contribution in [3.8, 4) is 5.75 Å². The molecule has 0 saturated heterocycles. The summed E-state index contributed by atoms with van der Waals surface area (Å²) < 4.78 is 4.41. The molecule has 0 bridgehead atoms. The fourth-order valence-corrected chi connectivity index (χ4v) is 1.38. The number of hydrogen-bond donors (Lipinski definition) is 1. The lowest BCUT2D eigenvalue weighted by Crippen LogP contribution is -2.30. The lowest BCUT2D eigenvalue weighted by Gasteiger charge is -2.16. The SMILES string of the molecule is COc1ccc(NC(=O)C(C)(C)Br)cc1Cl. The molecule has 0 aliphatic carbocycles. The predicted molar refractivity (Wildman–Crippen MR) is 69.6 cm³/mol. The van der Waals surface area contributed by atoms with Crippen LogP contribution in [-0.2, 0) is 4.79 Å². The molecule has 5 heteroatoms. The van der Waals surface area contributed by atoms with Crippen molar-refractivity contribution in [1.82, 2.24) is 0 Å². The highest BCUT2D eigenvalue weighted by Gasteiger charge is 2.23. The van der Waals surface area contributed by atoms with Crippen molar-refractivity contribution in [2.45, 2.75) is 18.2 Å². The molecule has 1 aromatic rings. The van der Waals surface area contributed by atoms with Crippen molar-refractivity contribution < 1.29 is 9.53 Å². The second-order valence-corrected chi connectivity index (χ2v) is 6.17. The number of benzene rings is 1. The average molecular weight is 307 g/mol. The summed E-state index contributed by atoms with van der Waals surface area (Å²) >= 11 is 9.22. The van der Waals surface area contributed by atoms with Crippen molar-refractivity contribution in [1.29, 1.82) is 0 Å². The van der Waals surface area contributed by atoms with E-state index in [0.29, 0.717) is 16.5 Å². The van der Waals surface area contributed by atoms with Crippen molar-refractivity contribution in [2.24, 2.45) is 0 Å². The zero-order valence-electron chi connectivity index (χ0n) is 9.30. The average Bonchev–Trinajstić information content (AvgIpc) is 2.16. The number of hydrogen-bond acceptors (Lipinski definition) is 2. The second kappa shape index (κ2) is 5.06. The van der Waals surface area contributed by atoms with E-state index < -0.39 is 4.32 Å². The zero-order chi connectivity index (χ0) is 12.3. The highest BCUT2D eigenvalue weighted by Crippen LogP contribution is 2.28. The highest BCUT2D eigenvalue weighted by molar-refractivity contribution is 9.10. The van der Waals surface area contributed by atoms with Crippen molar-refractivity contribution in [3.05, 3.63) is 23.2 Å². The van der Waals surface area contributed by atoms with Gasteiger partial charge in [-0.3, -0.25) is 4.79 Å². The third kappa shape index (κ3) is 3.39. The Kier molecular flexibility index (Phi) is 4.21. The van der Waals surface area contributed by atoms with Crippen LogP contribution in [0, 0.1) is 0 Å². The third-order valence-corrected chi connectivity index (χ3v) is 2.61. The molecule has 0 saturated carbocycles. The first-order valence-corrected chi connectivity index (χ1v) is 5.85. The molecule has 0 aliphatic heterocycles. The van der Waals surface area contributed by atoms with Crippen LogP contribution in [0.15, 0.2) is 18.2 Å². The van der Waals surface area contributed by atoms with Gasteiger partial charge in [0, 0.05) is 5.69 Å². The maximum absolute atomic E-state index is 11.7. The Morgan fingerprint density at radius 1 is 1.50 bits per heavy atom. The fourth-order valence-electron chi connectivity index (χ4n) is 1.02. The Bertz CT molecular complexity index is 401. The van der Waals surface area contributed by atoms with Gasteiger partial charge < -0.3 is 10.1 Å². The maximum Gasteiger partial charge on any atom is 0.240 e. The van der Waals surface area contributed by atoms with Crippen LogP contribution in [-0.4, -0.2) is 17.3 Å². The molecule has 1 aromatic carbocycles. The number of nitrogens with one attached hydrogen (secondary N) is 1. The van der Waals surface area contributed by atoms with E-state index in [9.17, 15) is 4.79 Å². The molecule has 0 atom stereocenters. The van der Waals surface area contributed by atoms with Gasteiger partial charge in [0.05, 0.1) is 16.5 Å².